The molecule has 10 nitrogen and oxygen atoms in total. The van der Waals surface area contributed by atoms with Crippen LogP contribution in [0.3, 0.4) is 0 Å². The van der Waals surface area contributed by atoms with E-state index >= 15 is 0 Å². The van der Waals surface area contributed by atoms with Crippen LogP contribution >= 0.6 is 0 Å². The number of alkyl carbamates (subject to hydrolysis) is 1. The molecule has 45 heavy (non-hydrogen) atoms. The summed E-state index contributed by atoms with van der Waals surface area (Å²) in [5.74, 6) is 0.109. The van der Waals surface area contributed by atoms with Crippen LogP contribution in [0.2, 0.25) is 0 Å². The Morgan fingerprint density at radius 1 is 1.16 bits per heavy atom. The van der Waals surface area contributed by atoms with Gasteiger partial charge >= 0.3 is 12.1 Å². The van der Waals surface area contributed by atoms with Crippen LogP contribution in [0.4, 0.5) is 9.18 Å². The molecule has 2 heterocycles. The molecule has 1 aromatic heterocycles. The van der Waals surface area contributed by atoms with E-state index in [1.807, 2.05) is 26.8 Å². The summed E-state index contributed by atoms with van der Waals surface area (Å²) in [6.45, 7) is 13.1. The van der Waals surface area contributed by atoms with Gasteiger partial charge in [-0.15, -0.1) is 6.58 Å². The maximum absolute atomic E-state index is 14.1. The zero-order chi connectivity index (χ0) is 32.5. The molecule has 2 saturated carbocycles. The second-order valence-corrected chi connectivity index (χ2v) is 13.4. The molecule has 11 heteroatoms. The second kappa shape index (κ2) is 13.1. The van der Waals surface area contributed by atoms with E-state index in [1.54, 1.807) is 0 Å². The van der Waals surface area contributed by atoms with Crippen molar-refractivity contribution in [3.63, 3.8) is 0 Å². The molecular formula is C34H43FN4O6. The first-order valence-electron chi connectivity index (χ1n) is 15.7. The number of fused-ring (bicyclic) bond motifs is 2. The third-order valence-corrected chi connectivity index (χ3v) is 9.23. The number of esters is 1. The van der Waals surface area contributed by atoms with Gasteiger partial charge in [-0.1, -0.05) is 33.4 Å². The zero-order valence-electron chi connectivity index (χ0n) is 26.5. The molecule has 0 bridgehead atoms. The minimum atomic E-state index is -0.988. The number of aromatic nitrogens is 2. The van der Waals surface area contributed by atoms with Crippen molar-refractivity contribution in [3.05, 3.63) is 48.9 Å². The number of allylic oxidation sites excluding steroid dienone is 1. The molecule has 2 amide bonds. The Morgan fingerprint density at radius 2 is 1.93 bits per heavy atom. The molecule has 1 N–H and O–H groups in total. The van der Waals surface area contributed by atoms with Crippen molar-refractivity contribution in [3.8, 4) is 5.88 Å². The van der Waals surface area contributed by atoms with Gasteiger partial charge in [0.2, 0.25) is 11.8 Å². The molecule has 3 aliphatic rings. The number of methoxy groups -OCH3 is 1. The van der Waals surface area contributed by atoms with Crippen molar-refractivity contribution in [2.45, 2.75) is 83.6 Å². The smallest absolute Gasteiger partial charge is 0.408 e. The van der Waals surface area contributed by atoms with Crippen LogP contribution < -0.4 is 10.1 Å². The first-order valence-corrected chi connectivity index (χ1v) is 15.7. The van der Waals surface area contributed by atoms with Crippen molar-refractivity contribution in [2.75, 3.05) is 13.7 Å². The van der Waals surface area contributed by atoms with E-state index in [1.165, 1.54) is 42.7 Å². The molecule has 1 aromatic carbocycles. The predicted octanol–water partition coefficient (Wildman–Crippen LogP) is 5.46. The quantitative estimate of drug-likeness (QED) is 0.200. The molecule has 7 atom stereocenters. The molecule has 1 saturated heterocycles. The number of ether oxygens (including phenoxy) is 3. The van der Waals surface area contributed by atoms with Gasteiger partial charge in [0.25, 0.3) is 0 Å². The van der Waals surface area contributed by atoms with Crippen LogP contribution in [0.5, 0.6) is 5.88 Å². The Hall–Kier alpha value is -4.02. The van der Waals surface area contributed by atoms with E-state index in [0.29, 0.717) is 34.5 Å². The Bertz CT molecular complexity index is 1470. The molecule has 1 unspecified atom stereocenters. The van der Waals surface area contributed by atoms with Gasteiger partial charge in [0, 0.05) is 12.5 Å². The summed E-state index contributed by atoms with van der Waals surface area (Å²) < 4.78 is 31.0. The van der Waals surface area contributed by atoms with Gasteiger partial charge in [-0.2, -0.15) is 0 Å². The first-order chi connectivity index (χ1) is 21.4. The molecule has 0 spiro atoms. The van der Waals surface area contributed by atoms with E-state index < -0.39 is 47.4 Å². The van der Waals surface area contributed by atoms with Crippen molar-refractivity contribution < 1.29 is 33.0 Å². The van der Waals surface area contributed by atoms with Crippen molar-refractivity contribution in [2.24, 2.45) is 23.2 Å². The minimum absolute atomic E-state index is 0.0265. The molecule has 2 aromatic rings. The van der Waals surface area contributed by atoms with Crippen molar-refractivity contribution in [1.82, 2.24) is 20.2 Å². The van der Waals surface area contributed by atoms with Crippen LogP contribution in [-0.4, -0.2) is 70.8 Å². The minimum Gasteiger partial charge on any atom is -0.471 e. The van der Waals surface area contributed by atoms with E-state index in [0.717, 1.165) is 25.7 Å². The van der Waals surface area contributed by atoms with Gasteiger partial charge in [0.15, 0.2) is 0 Å². The van der Waals surface area contributed by atoms with Crippen LogP contribution in [0, 0.1) is 29.0 Å². The number of likely N-dealkylation sites (tertiary alicyclic amines) is 1. The summed E-state index contributed by atoms with van der Waals surface area (Å²) in [5.41, 5.74) is 0.403. The fourth-order valence-corrected chi connectivity index (χ4v) is 6.84. The monoisotopic (exact) mass is 622 g/mol. The van der Waals surface area contributed by atoms with Crippen molar-refractivity contribution in [1.29, 1.82) is 0 Å². The van der Waals surface area contributed by atoms with E-state index in [2.05, 4.69) is 28.4 Å². The lowest BCUT2D eigenvalue weighted by Gasteiger charge is -2.35. The number of rotatable bonds is 11. The fourth-order valence-electron chi connectivity index (χ4n) is 6.84. The standard InChI is InChI=1S/C34H43FN4O6/c1-7-9-10-11-22-23-14-19(23)15-28(22)45-33(42)38-29(34(3,4)5)31(40)39-18-21(17-27(39)32(41)43-6)44-30-24(8-2)36-25-13-12-20(35)16-26(25)37-30/h7-8,12-13,16,19,21-23,27-29H,1-2,9-11,14-15,17-18H2,3-6H3,(H,38,42)/t19?,21-,22-,23+,27+,28-,29-/m1/s1. The fraction of sp³-hybridized carbons (Fsp3) is 0.559. The summed E-state index contributed by atoms with van der Waals surface area (Å²) in [7, 11) is 1.26. The molecule has 3 fully saturated rings. The van der Waals surface area contributed by atoms with Crippen LogP contribution in [0.25, 0.3) is 17.1 Å². The van der Waals surface area contributed by atoms with E-state index in [4.69, 9.17) is 14.2 Å². The highest BCUT2D eigenvalue weighted by atomic mass is 19.1. The zero-order valence-corrected chi connectivity index (χ0v) is 26.5. The summed E-state index contributed by atoms with van der Waals surface area (Å²) in [5, 5.41) is 2.83. The number of nitrogens with one attached hydrogen (secondary N) is 1. The summed E-state index contributed by atoms with van der Waals surface area (Å²) in [4.78, 5) is 50.6. The Balaban J connectivity index is 1.31. The maximum atomic E-state index is 14.1. The topological polar surface area (TPSA) is 120 Å². The number of benzene rings is 1. The van der Waals surface area contributed by atoms with Gasteiger partial charge in [0.05, 0.1) is 24.7 Å². The van der Waals surface area contributed by atoms with Crippen LogP contribution in [0.15, 0.2) is 37.4 Å². The number of nitrogens with zero attached hydrogens (tertiary/aromatic N) is 3. The third-order valence-electron chi connectivity index (χ3n) is 9.23. The average molecular weight is 623 g/mol. The van der Waals surface area contributed by atoms with Crippen molar-refractivity contribution >= 4 is 35.1 Å². The number of hydrogen-bond acceptors (Lipinski definition) is 8. The predicted molar refractivity (Wildman–Crippen MR) is 167 cm³/mol. The molecule has 242 valence electrons. The van der Waals surface area contributed by atoms with E-state index in [-0.39, 0.29) is 24.9 Å². The lowest BCUT2D eigenvalue weighted by Crippen LogP contribution is -2.57. The summed E-state index contributed by atoms with van der Waals surface area (Å²) in [6.07, 6.45) is 6.96. The van der Waals surface area contributed by atoms with Gasteiger partial charge in [-0.05, 0) is 73.5 Å². The number of halogens is 1. The Kier molecular flexibility index (Phi) is 9.46. The molecule has 5 rings (SSSR count). The molecular weight excluding hydrogens is 579 g/mol. The van der Waals surface area contributed by atoms with Gasteiger partial charge in [-0.3, -0.25) is 4.79 Å². The lowest BCUT2D eigenvalue weighted by molar-refractivity contribution is -0.152. The highest BCUT2D eigenvalue weighted by molar-refractivity contribution is 5.91. The Morgan fingerprint density at radius 3 is 2.62 bits per heavy atom. The number of carbonyl (C=O) groups is 3. The summed E-state index contributed by atoms with van der Waals surface area (Å²) >= 11 is 0. The second-order valence-electron chi connectivity index (χ2n) is 13.4. The first kappa shape index (κ1) is 32.4. The number of hydrogen-bond donors (Lipinski definition) is 1. The molecule has 2 aliphatic carbocycles. The third kappa shape index (κ3) is 7.12. The van der Waals surface area contributed by atoms with E-state index in [9.17, 15) is 18.8 Å². The van der Waals surface area contributed by atoms with Crippen LogP contribution in [0.1, 0.15) is 65.0 Å². The average Bonchev–Trinajstić information content (AvgIpc) is 3.49. The number of unbranched alkanes of at least 4 members (excludes halogenated alkanes) is 1. The highest BCUT2D eigenvalue weighted by Crippen LogP contribution is 2.57. The largest absolute Gasteiger partial charge is 0.471 e. The lowest BCUT2D eigenvalue weighted by atomic mass is 9.85. The Labute approximate surface area is 263 Å². The van der Waals surface area contributed by atoms with Gasteiger partial charge in [0.1, 0.15) is 35.8 Å². The normalized spacial score (nSPS) is 26.1. The molecule has 1 aliphatic heterocycles. The van der Waals surface area contributed by atoms with Crippen LogP contribution in [-0.2, 0) is 19.1 Å². The van der Waals surface area contributed by atoms with Gasteiger partial charge < -0.3 is 24.4 Å². The van der Waals surface area contributed by atoms with Gasteiger partial charge in [-0.25, -0.2) is 23.9 Å². The highest BCUT2D eigenvalue weighted by Gasteiger charge is 2.54. The SMILES string of the molecule is C=CCCC[C@H]1[C@H](OC(=O)N[C@H](C(=O)N2C[C@H](Oc3nc4cc(F)ccc4nc3C=C)C[C@H]2C(=O)OC)C(C)(C)C)CC2C[C@@H]21. The number of carbonyl (C=O) groups excluding carboxylic acids is 3. The summed E-state index contributed by atoms with van der Waals surface area (Å²) in [6, 6.07) is 2.12. The number of amides is 2. The molecule has 0 radical (unpaired) electrons. The maximum Gasteiger partial charge on any atom is 0.408 e.